The summed E-state index contributed by atoms with van der Waals surface area (Å²) >= 11 is 0. The Balaban J connectivity index is 1.32. The molecule has 1 saturated heterocycles. The van der Waals surface area contributed by atoms with Gasteiger partial charge in [0.2, 0.25) is 5.95 Å². The zero-order chi connectivity index (χ0) is 23.7. The van der Waals surface area contributed by atoms with Crippen LogP contribution in [0.15, 0.2) is 71.8 Å². The van der Waals surface area contributed by atoms with E-state index in [1.807, 2.05) is 18.3 Å². The van der Waals surface area contributed by atoms with Crippen molar-refractivity contribution < 1.29 is 8.42 Å². The summed E-state index contributed by atoms with van der Waals surface area (Å²) in [6.07, 6.45) is 3.05. The highest BCUT2D eigenvalue weighted by molar-refractivity contribution is 7.90. The summed E-state index contributed by atoms with van der Waals surface area (Å²) in [5.41, 5.74) is 4.68. The Hall–Kier alpha value is -3.27. The Morgan fingerprint density at radius 1 is 0.941 bits per heavy atom. The molecule has 1 aliphatic heterocycles. The van der Waals surface area contributed by atoms with E-state index in [-0.39, 0.29) is 0 Å². The molecule has 8 nitrogen and oxygen atoms in total. The van der Waals surface area contributed by atoms with E-state index < -0.39 is 9.84 Å². The first kappa shape index (κ1) is 22.5. The SMILES string of the molecule is CN1CCN(Cc2ccc(Nc3nc4c(-c5ccc(S(C)(=O)=O)cc5)cccn4n3)cc2)CC1. The second-order valence-electron chi connectivity index (χ2n) is 8.82. The van der Waals surface area contributed by atoms with Gasteiger partial charge in [0, 0.05) is 56.4 Å². The fourth-order valence-electron chi connectivity index (χ4n) is 4.15. The van der Waals surface area contributed by atoms with Crippen molar-refractivity contribution in [2.24, 2.45) is 0 Å². The van der Waals surface area contributed by atoms with Gasteiger partial charge in [0.05, 0.1) is 4.90 Å². The van der Waals surface area contributed by atoms with Crippen molar-refractivity contribution in [3.05, 3.63) is 72.4 Å². The Morgan fingerprint density at radius 3 is 2.32 bits per heavy atom. The largest absolute Gasteiger partial charge is 0.323 e. The van der Waals surface area contributed by atoms with Crippen molar-refractivity contribution in [2.75, 3.05) is 44.8 Å². The summed E-state index contributed by atoms with van der Waals surface area (Å²) < 4.78 is 25.3. The second-order valence-corrected chi connectivity index (χ2v) is 10.8. The van der Waals surface area contributed by atoms with Crippen LogP contribution >= 0.6 is 0 Å². The molecule has 5 rings (SSSR count). The number of sulfone groups is 1. The summed E-state index contributed by atoms with van der Waals surface area (Å²) in [4.78, 5) is 9.83. The first-order chi connectivity index (χ1) is 16.3. The van der Waals surface area contributed by atoms with Crippen molar-refractivity contribution in [1.29, 1.82) is 0 Å². The number of nitrogens with one attached hydrogen (secondary N) is 1. The molecule has 34 heavy (non-hydrogen) atoms. The van der Waals surface area contributed by atoms with E-state index in [0.29, 0.717) is 16.5 Å². The third kappa shape index (κ3) is 4.96. The molecule has 1 fully saturated rings. The van der Waals surface area contributed by atoms with Gasteiger partial charge in [0.1, 0.15) is 0 Å². The highest BCUT2D eigenvalue weighted by atomic mass is 32.2. The quantitative estimate of drug-likeness (QED) is 0.457. The Kier molecular flexibility index (Phi) is 6.07. The maximum atomic E-state index is 11.8. The molecule has 0 aliphatic carbocycles. The fraction of sp³-hybridized carbons (Fsp3) is 0.280. The van der Waals surface area contributed by atoms with Crippen LogP contribution in [0, 0.1) is 0 Å². The first-order valence-corrected chi connectivity index (χ1v) is 13.2. The average Bonchev–Trinajstić information content (AvgIpc) is 3.24. The van der Waals surface area contributed by atoms with Crippen molar-refractivity contribution >= 4 is 27.1 Å². The van der Waals surface area contributed by atoms with Gasteiger partial charge in [-0.05, 0) is 54.6 Å². The monoisotopic (exact) mass is 476 g/mol. The van der Waals surface area contributed by atoms with Crippen LogP contribution in [-0.4, -0.2) is 72.3 Å². The lowest BCUT2D eigenvalue weighted by molar-refractivity contribution is 0.148. The van der Waals surface area contributed by atoms with E-state index in [4.69, 9.17) is 0 Å². The number of likely N-dealkylation sites (N-methyl/N-ethyl adjacent to an activating group) is 1. The second kappa shape index (κ2) is 9.17. The normalized spacial score (nSPS) is 15.6. The van der Waals surface area contributed by atoms with E-state index in [1.165, 1.54) is 11.8 Å². The molecule has 0 saturated carbocycles. The van der Waals surface area contributed by atoms with E-state index >= 15 is 0 Å². The van der Waals surface area contributed by atoms with Crippen molar-refractivity contribution in [3.63, 3.8) is 0 Å². The molecule has 2 aromatic carbocycles. The van der Waals surface area contributed by atoms with Gasteiger partial charge >= 0.3 is 0 Å². The Bertz CT molecular complexity index is 1390. The van der Waals surface area contributed by atoms with E-state index in [1.54, 1.807) is 28.8 Å². The summed E-state index contributed by atoms with van der Waals surface area (Å²) in [5, 5.41) is 7.85. The average molecular weight is 477 g/mol. The predicted octanol–water partition coefficient (Wildman–Crippen LogP) is 3.29. The first-order valence-electron chi connectivity index (χ1n) is 11.3. The minimum atomic E-state index is -3.24. The molecule has 0 bridgehead atoms. The summed E-state index contributed by atoms with van der Waals surface area (Å²) in [7, 11) is -1.07. The maximum Gasteiger partial charge on any atom is 0.247 e. The molecule has 0 unspecified atom stereocenters. The molecule has 9 heteroatoms. The van der Waals surface area contributed by atoms with Gasteiger partial charge in [-0.25, -0.2) is 12.9 Å². The van der Waals surface area contributed by atoms with E-state index in [9.17, 15) is 8.42 Å². The third-order valence-electron chi connectivity index (χ3n) is 6.17. The summed E-state index contributed by atoms with van der Waals surface area (Å²) in [6.45, 7) is 5.39. The molecule has 0 atom stereocenters. The zero-order valence-corrected chi connectivity index (χ0v) is 20.2. The van der Waals surface area contributed by atoms with Crippen LogP contribution in [0.2, 0.25) is 0 Å². The van der Waals surface area contributed by atoms with Gasteiger partial charge in [0.15, 0.2) is 15.5 Å². The van der Waals surface area contributed by atoms with Crippen LogP contribution in [-0.2, 0) is 16.4 Å². The molecular formula is C25H28N6O2S. The van der Waals surface area contributed by atoms with Gasteiger partial charge < -0.3 is 10.2 Å². The standard InChI is InChI=1S/C25H28N6O2S/c1-29-14-16-30(17-15-29)18-19-5-9-21(10-6-19)26-25-27-24-23(4-3-13-31(24)28-25)20-7-11-22(12-8-20)34(2,32)33/h3-13H,14-18H2,1-2H3,(H,26,28). The van der Waals surface area contributed by atoms with Gasteiger partial charge in [-0.2, -0.15) is 4.98 Å². The molecule has 0 spiro atoms. The van der Waals surface area contributed by atoms with E-state index in [2.05, 4.69) is 56.5 Å². The van der Waals surface area contributed by atoms with Gasteiger partial charge in [0.25, 0.3) is 0 Å². The van der Waals surface area contributed by atoms with Crippen LogP contribution in [0.4, 0.5) is 11.6 Å². The molecule has 4 aromatic rings. The molecule has 1 aliphatic rings. The zero-order valence-electron chi connectivity index (χ0n) is 19.3. The van der Waals surface area contributed by atoms with Crippen molar-refractivity contribution in [1.82, 2.24) is 24.4 Å². The highest BCUT2D eigenvalue weighted by Gasteiger charge is 2.14. The third-order valence-corrected chi connectivity index (χ3v) is 7.30. The van der Waals surface area contributed by atoms with E-state index in [0.717, 1.165) is 49.5 Å². The maximum absolute atomic E-state index is 11.8. The lowest BCUT2D eigenvalue weighted by Gasteiger charge is -2.32. The molecule has 1 N–H and O–H groups in total. The number of fused-ring (bicyclic) bond motifs is 1. The van der Waals surface area contributed by atoms with Crippen LogP contribution in [0.3, 0.4) is 0 Å². The fourth-order valence-corrected chi connectivity index (χ4v) is 4.78. The number of anilines is 2. The highest BCUT2D eigenvalue weighted by Crippen LogP contribution is 2.26. The lowest BCUT2D eigenvalue weighted by Crippen LogP contribution is -2.43. The Morgan fingerprint density at radius 2 is 1.65 bits per heavy atom. The minimum Gasteiger partial charge on any atom is -0.323 e. The van der Waals surface area contributed by atoms with Crippen LogP contribution < -0.4 is 5.32 Å². The molecule has 3 heterocycles. The number of benzene rings is 2. The number of aromatic nitrogens is 3. The number of rotatable bonds is 6. The van der Waals surface area contributed by atoms with Gasteiger partial charge in [-0.1, -0.05) is 24.3 Å². The summed E-state index contributed by atoms with van der Waals surface area (Å²) in [5.74, 6) is 0.507. The number of hydrogen-bond acceptors (Lipinski definition) is 7. The summed E-state index contributed by atoms with van der Waals surface area (Å²) in [6, 6.07) is 19.1. The predicted molar refractivity (Wildman–Crippen MR) is 134 cm³/mol. The van der Waals surface area contributed by atoms with Crippen LogP contribution in [0.1, 0.15) is 5.56 Å². The molecular weight excluding hydrogens is 448 g/mol. The number of hydrogen-bond donors (Lipinski definition) is 1. The van der Waals surface area contributed by atoms with Gasteiger partial charge in [-0.3, -0.25) is 4.90 Å². The number of piperazine rings is 1. The topological polar surface area (TPSA) is 82.8 Å². The molecule has 0 radical (unpaired) electrons. The van der Waals surface area contributed by atoms with Crippen LogP contribution in [0.5, 0.6) is 0 Å². The van der Waals surface area contributed by atoms with Crippen molar-refractivity contribution in [2.45, 2.75) is 11.4 Å². The number of pyridine rings is 1. The molecule has 176 valence electrons. The minimum absolute atomic E-state index is 0.295. The Labute approximate surface area is 199 Å². The molecule has 0 amide bonds. The smallest absolute Gasteiger partial charge is 0.247 e. The lowest BCUT2D eigenvalue weighted by atomic mass is 10.1. The van der Waals surface area contributed by atoms with Gasteiger partial charge in [-0.15, -0.1) is 5.10 Å². The van der Waals surface area contributed by atoms with Crippen molar-refractivity contribution in [3.8, 4) is 11.1 Å². The number of nitrogens with zero attached hydrogens (tertiary/aromatic N) is 5. The van der Waals surface area contributed by atoms with Crippen LogP contribution in [0.25, 0.3) is 16.8 Å². The molecule has 2 aromatic heterocycles.